The van der Waals surface area contributed by atoms with Crippen molar-refractivity contribution < 1.29 is 13.2 Å². The summed E-state index contributed by atoms with van der Waals surface area (Å²) in [6.45, 7) is 3.92. The van der Waals surface area contributed by atoms with Crippen LogP contribution in [-0.2, 0) is 6.54 Å². The molecule has 5 nitrogen and oxygen atoms in total. The number of nitrogens with two attached hydrogens (primary N) is 1. The molecule has 2 N–H and O–H groups in total. The van der Waals surface area contributed by atoms with Gasteiger partial charge in [0.05, 0.1) is 17.9 Å². The summed E-state index contributed by atoms with van der Waals surface area (Å²) < 4.78 is 42.2. The van der Waals surface area contributed by atoms with Crippen molar-refractivity contribution in [1.82, 2.24) is 19.9 Å². The van der Waals surface area contributed by atoms with Crippen LogP contribution >= 0.6 is 0 Å². The molecule has 1 unspecified atom stereocenters. The molecule has 2 aromatic rings. The lowest BCUT2D eigenvalue weighted by Gasteiger charge is -2.29. The molecule has 3 rings (SSSR count). The summed E-state index contributed by atoms with van der Waals surface area (Å²) >= 11 is 0. The summed E-state index contributed by atoms with van der Waals surface area (Å²) in [5, 5.41) is 8.03. The predicted molar refractivity (Wildman–Crippen MR) is 82.6 cm³/mol. The van der Waals surface area contributed by atoms with Gasteiger partial charge in [-0.1, -0.05) is 5.21 Å². The zero-order valence-electron chi connectivity index (χ0n) is 13.4. The Morgan fingerprint density at radius 2 is 2.00 bits per heavy atom. The number of piperidine rings is 1. The molecule has 1 aliphatic rings. The molecule has 0 bridgehead atoms. The number of hydrogen-bond acceptors (Lipinski definition) is 4. The minimum Gasteiger partial charge on any atom is -0.327 e. The van der Waals surface area contributed by atoms with Gasteiger partial charge in [0.15, 0.2) is 0 Å². The minimum absolute atomic E-state index is 0.162. The van der Waals surface area contributed by atoms with Crippen LogP contribution in [0.1, 0.15) is 37.1 Å². The van der Waals surface area contributed by atoms with E-state index in [-0.39, 0.29) is 11.6 Å². The van der Waals surface area contributed by atoms with E-state index in [1.807, 2.05) is 0 Å². The van der Waals surface area contributed by atoms with Gasteiger partial charge in [0.25, 0.3) is 0 Å². The maximum absolute atomic E-state index is 13.9. The van der Waals surface area contributed by atoms with Crippen LogP contribution in [0.2, 0.25) is 0 Å². The molecule has 1 aromatic heterocycles. The lowest BCUT2D eigenvalue weighted by Crippen LogP contribution is -2.42. The molecule has 24 heavy (non-hydrogen) atoms. The molecule has 8 heteroatoms. The van der Waals surface area contributed by atoms with Gasteiger partial charge in [0.1, 0.15) is 17.5 Å². The third kappa shape index (κ3) is 3.59. The number of benzene rings is 1. The van der Waals surface area contributed by atoms with Gasteiger partial charge in [0.2, 0.25) is 0 Å². The van der Waals surface area contributed by atoms with Crippen molar-refractivity contribution in [3.8, 4) is 0 Å². The molecule has 0 amide bonds. The van der Waals surface area contributed by atoms with Gasteiger partial charge in [-0.25, -0.2) is 17.9 Å². The number of aromatic nitrogens is 3. The highest BCUT2D eigenvalue weighted by molar-refractivity contribution is 5.24. The number of halogens is 3. The van der Waals surface area contributed by atoms with Crippen molar-refractivity contribution >= 4 is 0 Å². The Balaban J connectivity index is 1.75. The fourth-order valence-electron chi connectivity index (χ4n) is 3.12. The molecule has 2 atom stereocenters. The average molecular weight is 339 g/mol. The van der Waals surface area contributed by atoms with Crippen LogP contribution in [0.15, 0.2) is 18.3 Å². The van der Waals surface area contributed by atoms with E-state index in [2.05, 4.69) is 15.2 Å². The first-order valence-electron chi connectivity index (χ1n) is 7.97. The Kier molecular flexibility index (Phi) is 4.86. The van der Waals surface area contributed by atoms with E-state index >= 15 is 0 Å². The second kappa shape index (κ2) is 6.90. The first kappa shape index (κ1) is 16.9. The van der Waals surface area contributed by atoms with E-state index in [4.69, 9.17) is 5.73 Å². The summed E-state index contributed by atoms with van der Waals surface area (Å²) in [4.78, 5) is 2.19. The SMILES string of the molecule is C[C@H](c1c(F)cc(F)cc1F)n1cc(CN2CCCC(N)C2)nn1. The van der Waals surface area contributed by atoms with Crippen molar-refractivity contribution in [3.63, 3.8) is 0 Å². The highest BCUT2D eigenvalue weighted by atomic mass is 19.1. The molecule has 1 aromatic carbocycles. The Hall–Kier alpha value is -1.93. The fourth-order valence-corrected chi connectivity index (χ4v) is 3.12. The van der Waals surface area contributed by atoms with Crippen LogP contribution < -0.4 is 5.73 Å². The van der Waals surface area contributed by atoms with Crippen molar-refractivity contribution in [1.29, 1.82) is 0 Å². The molecular formula is C16H20F3N5. The van der Waals surface area contributed by atoms with Crippen LogP contribution in [0, 0.1) is 17.5 Å². The monoisotopic (exact) mass is 339 g/mol. The van der Waals surface area contributed by atoms with E-state index in [1.54, 1.807) is 13.1 Å². The summed E-state index contributed by atoms with van der Waals surface area (Å²) in [6, 6.07) is 0.773. The zero-order chi connectivity index (χ0) is 17.3. The summed E-state index contributed by atoms with van der Waals surface area (Å²) in [7, 11) is 0. The fraction of sp³-hybridized carbons (Fsp3) is 0.500. The van der Waals surface area contributed by atoms with Crippen molar-refractivity contribution in [3.05, 3.63) is 47.0 Å². The molecule has 1 saturated heterocycles. The van der Waals surface area contributed by atoms with Gasteiger partial charge in [-0.2, -0.15) is 0 Å². The number of likely N-dealkylation sites (tertiary alicyclic amines) is 1. The molecule has 0 saturated carbocycles. The van der Waals surface area contributed by atoms with Gasteiger partial charge >= 0.3 is 0 Å². The van der Waals surface area contributed by atoms with Crippen molar-refractivity contribution in [2.45, 2.75) is 38.4 Å². The number of nitrogens with zero attached hydrogens (tertiary/aromatic N) is 4. The summed E-state index contributed by atoms with van der Waals surface area (Å²) in [6.07, 6.45) is 3.72. The second-order valence-electron chi connectivity index (χ2n) is 6.29. The van der Waals surface area contributed by atoms with Crippen LogP contribution in [-0.4, -0.2) is 39.0 Å². The van der Waals surface area contributed by atoms with E-state index in [0.29, 0.717) is 24.4 Å². The molecule has 2 heterocycles. The number of rotatable bonds is 4. The minimum atomic E-state index is -0.943. The van der Waals surface area contributed by atoms with Gasteiger partial charge in [-0.15, -0.1) is 5.10 Å². The lowest BCUT2D eigenvalue weighted by molar-refractivity contribution is 0.199. The van der Waals surface area contributed by atoms with Gasteiger partial charge in [-0.3, -0.25) is 4.90 Å². The van der Waals surface area contributed by atoms with Gasteiger partial charge in [-0.05, 0) is 26.3 Å². The molecule has 0 radical (unpaired) electrons. The van der Waals surface area contributed by atoms with E-state index in [9.17, 15) is 13.2 Å². The maximum atomic E-state index is 13.9. The predicted octanol–water partition coefficient (Wildman–Crippen LogP) is 2.23. The number of hydrogen-bond donors (Lipinski definition) is 1. The molecule has 0 spiro atoms. The van der Waals surface area contributed by atoms with Crippen LogP contribution in [0.25, 0.3) is 0 Å². The Labute approximate surface area is 138 Å². The normalized spacial score (nSPS) is 20.3. The highest BCUT2D eigenvalue weighted by Crippen LogP contribution is 2.24. The van der Waals surface area contributed by atoms with Gasteiger partial charge < -0.3 is 5.73 Å². The highest BCUT2D eigenvalue weighted by Gasteiger charge is 2.22. The summed E-state index contributed by atoms with van der Waals surface area (Å²) in [5.74, 6) is -2.81. The van der Waals surface area contributed by atoms with Gasteiger partial charge in [0, 0.05) is 36.8 Å². The molecular weight excluding hydrogens is 319 g/mol. The topological polar surface area (TPSA) is 60.0 Å². The standard InChI is InChI=1S/C16H20F3N5/c1-10(16-14(18)5-11(17)6-15(16)19)24-9-13(21-22-24)8-23-4-2-3-12(20)7-23/h5-6,9-10,12H,2-4,7-8,20H2,1H3/t10-,12?/m1/s1. The summed E-state index contributed by atoms with van der Waals surface area (Å²) in [5.41, 5.74) is 6.44. The Bertz CT molecular complexity index is 694. The van der Waals surface area contributed by atoms with Crippen LogP contribution in [0.5, 0.6) is 0 Å². The van der Waals surface area contributed by atoms with E-state index in [1.165, 1.54) is 4.68 Å². The first-order valence-corrected chi connectivity index (χ1v) is 7.97. The van der Waals surface area contributed by atoms with Crippen molar-refractivity contribution in [2.75, 3.05) is 13.1 Å². The third-order valence-electron chi connectivity index (χ3n) is 4.34. The zero-order valence-corrected chi connectivity index (χ0v) is 13.4. The van der Waals surface area contributed by atoms with Crippen LogP contribution in [0.4, 0.5) is 13.2 Å². The second-order valence-corrected chi connectivity index (χ2v) is 6.29. The Morgan fingerprint density at radius 3 is 2.67 bits per heavy atom. The molecule has 130 valence electrons. The third-order valence-corrected chi connectivity index (χ3v) is 4.34. The molecule has 0 aliphatic carbocycles. The lowest BCUT2D eigenvalue weighted by atomic mass is 10.1. The quantitative estimate of drug-likeness (QED) is 0.928. The van der Waals surface area contributed by atoms with Crippen LogP contribution in [0.3, 0.4) is 0 Å². The Morgan fingerprint density at radius 1 is 1.29 bits per heavy atom. The molecule has 1 aliphatic heterocycles. The largest absolute Gasteiger partial charge is 0.327 e. The average Bonchev–Trinajstić information content (AvgIpc) is 2.94. The first-order chi connectivity index (χ1) is 11.4. The van der Waals surface area contributed by atoms with Crippen molar-refractivity contribution in [2.24, 2.45) is 5.73 Å². The van der Waals surface area contributed by atoms with E-state index < -0.39 is 23.5 Å². The van der Waals surface area contributed by atoms with E-state index in [0.717, 1.165) is 25.9 Å². The molecule has 1 fully saturated rings. The smallest absolute Gasteiger partial charge is 0.134 e. The maximum Gasteiger partial charge on any atom is 0.134 e.